The number of nitrogen functional groups attached to an aromatic ring is 1. The number of nitrogens with zero attached hydrogens (tertiary/aromatic N) is 2. The van der Waals surface area contributed by atoms with Crippen LogP contribution in [0.2, 0.25) is 0 Å². The fourth-order valence-electron chi connectivity index (χ4n) is 2.99. The average molecular weight is 481 g/mol. The molecule has 3 N–H and O–H groups in total. The van der Waals surface area contributed by atoms with E-state index in [2.05, 4.69) is 21.4 Å². The van der Waals surface area contributed by atoms with Gasteiger partial charge in [0.15, 0.2) is 9.84 Å². The summed E-state index contributed by atoms with van der Waals surface area (Å²) in [6.07, 6.45) is 0. The lowest BCUT2D eigenvalue weighted by atomic mass is 10.1. The highest BCUT2D eigenvalue weighted by molar-refractivity contribution is 9.10. The molecule has 3 rings (SSSR count). The quantitative estimate of drug-likeness (QED) is 0.394. The molecular weight excluding hydrogens is 460 g/mol. The van der Waals surface area contributed by atoms with Crippen molar-refractivity contribution in [2.45, 2.75) is 6.54 Å². The lowest BCUT2D eigenvalue weighted by Crippen LogP contribution is -2.49. The molecule has 0 atom stereocenters. The fraction of sp³-hybridized carbons (Fsp3) is 0.263. The van der Waals surface area contributed by atoms with E-state index in [1.165, 1.54) is 0 Å². The summed E-state index contributed by atoms with van der Waals surface area (Å²) in [6, 6.07) is 13.8. The maximum absolute atomic E-state index is 13.2. The number of hydrazine groups is 1. The molecule has 154 valence electrons. The Labute approximate surface area is 177 Å². The Morgan fingerprint density at radius 1 is 1.03 bits per heavy atom. The number of rotatable bonds is 4. The van der Waals surface area contributed by atoms with E-state index in [1.807, 2.05) is 24.3 Å². The molecule has 0 unspecified atom stereocenters. The maximum atomic E-state index is 13.2. The van der Waals surface area contributed by atoms with Crippen molar-refractivity contribution in [1.29, 1.82) is 0 Å². The van der Waals surface area contributed by atoms with Gasteiger partial charge in [0.2, 0.25) is 0 Å². The molecule has 29 heavy (non-hydrogen) atoms. The number of anilines is 1. The molecule has 2 aromatic carbocycles. The first kappa shape index (κ1) is 21.3. The van der Waals surface area contributed by atoms with E-state index in [1.54, 1.807) is 34.1 Å². The summed E-state index contributed by atoms with van der Waals surface area (Å²) >= 11 is 3.39. The molecule has 10 heteroatoms. The Morgan fingerprint density at radius 3 is 2.17 bits per heavy atom. The molecule has 1 saturated heterocycles. The van der Waals surface area contributed by atoms with Gasteiger partial charge in [-0.15, -0.1) is 0 Å². The zero-order chi connectivity index (χ0) is 21.0. The Kier molecular flexibility index (Phi) is 6.56. The molecule has 0 bridgehead atoms. The molecule has 0 aromatic heterocycles. The second-order valence-corrected chi connectivity index (χ2v) is 9.87. The fourth-order valence-corrected chi connectivity index (χ4v) is 4.46. The van der Waals surface area contributed by atoms with Crippen LogP contribution in [0.3, 0.4) is 0 Å². The first-order valence-corrected chi connectivity index (χ1v) is 11.5. The van der Waals surface area contributed by atoms with Gasteiger partial charge in [-0.25, -0.2) is 19.1 Å². The molecular formula is C19H21BrN4O4S. The smallest absolute Gasteiger partial charge is 0.322 e. The van der Waals surface area contributed by atoms with Gasteiger partial charge in [0.25, 0.3) is 5.91 Å². The van der Waals surface area contributed by atoms with E-state index in [-0.39, 0.29) is 37.2 Å². The first-order valence-electron chi connectivity index (χ1n) is 8.91. The van der Waals surface area contributed by atoms with Crippen LogP contribution < -0.4 is 16.2 Å². The predicted molar refractivity (Wildman–Crippen MR) is 114 cm³/mol. The number of nitrogens with two attached hydrogens (primary N) is 1. The third-order valence-corrected chi connectivity index (χ3v) is 6.81. The number of nitrogens with one attached hydrogen (secondary N) is 1. The van der Waals surface area contributed by atoms with Crippen molar-refractivity contribution in [2.75, 3.05) is 29.5 Å². The van der Waals surface area contributed by atoms with Gasteiger partial charge in [-0.05, 0) is 42.0 Å². The molecule has 2 aromatic rings. The van der Waals surface area contributed by atoms with Crippen LogP contribution in [-0.4, -0.2) is 49.9 Å². The average Bonchev–Trinajstić information content (AvgIpc) is 2.72. The van der Waals surface area contributed by atoms with Crippen LogP contribution >= 0.6 is 15.9 Å². The van der Waals surface area contributed by atoms with Crippen LogP contribution in [-0.2, 0) is 16.4 Å². The largest absolute Gasteiger partial charge is 0.324 e. The molecule has 0 spiro atoms. The molecule has 3 amide bonds. The van der Waals surface area contributed by atoms with E-state index in [4.69, 9.17) is 5.84 Å². The van der Waals surface area contributed by atoms with E-state index < -0.39 is 15.7 Å². The van der Waals surface area contributed by atoms with E-state index >= 15 is 0 Å². The summed E-state index contributed by atoms with van der Waals surface area (Å²) < 4.78 is 24.3. The number of amides is 3. The van der Waals surface area contributed by atoms with Crippen molar-refractivity contribution in [3.63, 3.8) is 0 Å². The molecule has 1 heterocycles. The Bertz CT molecular complexity index is 980. The van der Waals surface area contributed by atoms with Crippen LogP contribution in [0.5, 0.6) is 0 Å². The number of urea groups is 1. The van der Waals surface area contributed by atoms with Gasteiger partial charge in [0, 0.05) is 28.8 Å². The predicted octanol–water partition coefficient (Wildman–Crippen LogP) is 1.91. The minimum atomic E-state index is -3.09. The second kappa shape index (κ2) is 8.93. The highest BCUT2D eigenvalue weighted by atomic mass is 79.9. The van der Waals surface area contributed by atoms with Crippen molar-refractivity contribution in [1.82, 2.24) is 10.3 Å². The molecule has 0 radical (unpaired) electrons. The number of carbonyl (C=O) groups excluding carboxylic acids is 2. The van der Waals surface area contributed by atoms with Crippen LogP contribution in [0.15, 0.2) is 53.0 Å². The Balaban J connectivity index is 1.84. The van der Waals surface area contributed by atoms with E-state index in [9.17, 15) is 18.0 Å². The van der Waals surface area contributed by atoms with E-state index in [0.29, 0.717) is 11.3 Å². The van der Waals surface area contributed by atoms with Crippen molar-refractivity contribution < 1.29 is 18.0 Å². The van der Waals surface area contributed by atoms with Crippen LogP contribution in [0.25, 0.3) is 0 Å². The normalized spacial score (nSPS) is 15.6. The Morgan fingerprint density at radius 2 is 1.62 bits per heavy atom. The molecule has 8 nitrogen and oxygen atoms in total. The van der Waals surface area contributed by atoms with Crippen molar-refractivity contribution in [2.24, 2.45) is 5.84 Å². The first-order chi connectivity index (χ1) is 13.8. The van der Waals surface area contributed by atoms with Gasteiger partial charge in [0.1, 0.15) is 0 Å². The molecule has 1 aliphatic heterocycles. The number of halogens is 1. The Hall–Kier alpha value is -2.43. The molecule has 1 fully saturated rings. The summed E-state index contributed by atoms with van der Waals surface area (Å²) in [5.41, 5.74) is 4.00. The number of sulfone groups is 1. The lowest BCUT2D eigenvalue weighted by molar-refractivity contribution is 0.0953. The minimum Gasteiger partial charge on any atom is -0.322 e. The van der Waals surface area contributed by atoms with Crippen LogP contribution in [0, 0.1) is 0 Å². The minimum absolute atomic E-state index is 0.0319. The summed E-state index contributed by atoms with van der Waals surface area (Å²) in [5, 5.41) is 0. The lowest BCUT2D eigenvalue weighted by Gasteiger charge is -2.33. The summed E-state index contributed by atoms with van der Waals surface area (Å²) in [5.74, 6) is 4.69. The number of benzene rings is 2. The summed E-state index contributed by atoms with van der Waals surface area (Å²) in [7, 11) is -3.09. The van der Waals surface area contributed by atoms with Crippen LogP contribution in [0.4, 0.5) is 10.5 Å². The summed E-state index contributed by atoms with van der Waals surface area (Å²) in [4.78, 5) is 27.9. The monoisotopic (exact) mass is 480 g/mol. The SMILES string of the molecule is NNC(=O)c1ccc(CN(C(=O)N2CCS(=O)(=O)CC2)c2ccc(Br)cc2)cc1. The van der Waals surface area contributed by atoms with Gasteiger partial charge in [-0.3, -0.25) is 15.1 Å². The van der Waals surface area contributed by atoms with E-state index in [0.717, 1.165) is 10.0 Å². The third-order valence-electron chi connectivity index (χ3n) is 4.67. The highest BCUT2D eigenvalue weighted by Gasteiger charge is 2.29. The summed E-state index contributed by atoms with van der Waals surface area (Å²) in [6.45, 7) is 0.613. The van der Waals surface area contributed by atoms with Gasteiger partial charge < -0.3 is 4.90 Å². The molecule has 0 saturated carbocycles. The number of carbonyl (C=O) groups is 2. The van der Waals surface area contributed by atoms with Gasteiger partial charge >= 0.3 is 6.03 Å². The maximum Gasteiger partial charge on any atom is 0.324 e. The van der Waals surface area contributed by atoms with Crippen molar-refractivity contribution >= 4 is 43.4 Å². The van der Waals surface area contributed by atoms with Crippen molar-refractivity contribution in [3.05, 3.63) is 64.1 Å². The topological polar surface area (TPSA) is 113 Å². The molecule has 0 aliphatic carbocycles. The zero-order valence-electron chi connectivity index (χ0n) is 15.5. The number of hydrogen-bond acceptors (Lipinski definition) is 5. The highest BCUT2D eigenvalue weighted by Crippen LogP contribution is 2.23. The second-order valence-electron chi connectivity index (χ2n) is 6.65. The van der Waals surface area contributed by atoms with Crippen LogP contribution in [0.1, 0.15) is 15.9 Å². The third kappa shape index (κ3) is 5.34. The van der Waals surface area contributed by atoms with Gasteiger partial charge in [0.05, 0.1) is 18.1 Å². The molecule has 1 aliphatic rings. The number of hydrogen-bond donors (Lipinski definition) is 2. The standard InChI is InChI=1S/C19H21BrN4O4S/c20-16-5-7-17(8-6-16)24(19(26)23-9-11-29(27,28)12-10-23)13-14-1-3-15(4-2-14)18(25)22-21/h1-8H,9-13,21H2,(H,22,25). The zero-order valence-corrected chi connectivity index (χ0v) is 17.9. The van der Waals surface area contributed by atoms with Gasteiger partial charge in [-0.2, -0.15) is 0 Å². The van der Waals surface area contributed by atoms with Crippen molar-refractivity contribution in [3.8, 4) is 0 Å². The van der Waals surface area contributed by atoms with Gasteiger partial charge in [-0.1, -0.05) is 28.1 Å².